The number of carbonyl (C=O) groups excluding carboxylic acids is 1. The van der Waals surface area contributed by atoms with Gasteiger partial charge in [-0.2, -0.15) is 0 Å². The minimum absolute atomic E-state index is 0.0835. The van der Waals surface area contributed by atoms with E-state index in [1.807, 2.05) is 32.0 Å². The highest BCUT2D eigenvalue weighted by atomic mass is 16.6. The van der Waals surface area contributed by atoms with E-state index >= 15 is 0 Å². The normalized spacial score (nSPS) is 10.2. The van der Waals surface area contributed by atoms with Gasteiger partial charge in [0.1, 0.15) is 18.1 Å². The van der Waals surface area contributed by atoms with Gasteiger partial charge in [0.15, 0.2) is 6.61 Å². The monoisotopic (exact) mass is 344 g/mol. The molecule has 25 heavy (non-hydrogen) atoms. The van der Waals surface area contributed by atoms with E-state index < -0.39 is 4.92 Å². The maximum Gasteiger partial charge on any atom is 0.273 e. The van der Waals surface area contributed by atoms with Gasteiger partial charge in [-0.25, -0.2) is 0 Å². The molecular weight excluding hydrogens is 324 g/mol. The number of nitrogens with one attached hydrogen (secondary N) is 1. The fourth-order valence-electron chi connectivity index (χ4n) is 2.12. The first-order valence-corrected chi connectivity index (χ1v) is 7.80. The summed E-state index contributed by atoms with van der Waals surface area (Å²) in [6.45, 7) is 4.45. The van der Waals surface area contributed by atoms with Gasteiger partial charge >= 0.3 is 0 Å². The summed E-state index contributed by atoms with van der Waals surface area (Å²) in [5.74, 6) is 0.745. The van der Waals surface area contributed by atoms with Crippen molar-refractivity contribution < 1.29 is 19.2 Å². The van der Waals surface area contributed by atoms with Crippen LogP contribution in [0, 0.1) is 24.0 Å². The molecule has 2 aromatic rings. The number of rotatable bonds is 8. The molecule has 0 aromatic heterocycles. The summed E-state index contributed by atoms with van der Waals surface area (Å²) < 4.78 is 10.9. The zero-order valence-electron chi connectivity index (χ0n) is 14.2. The Morgan fingerprint density at radius 1 is 1.16 bits per heavy atom. The minimum Gasteiger partial charge on any atom is -0.491 e. The summed E-state index contributed by atoms with van der Waals surface area (Å²) in [6, 6.07) is 11.5. The maximum absolute atomic E-state index is 11.7. The van der Waals surface area contributed by atoms with Gasteiger partial charge in [-0.15, -0.1) is 0 Å². The Hall–Kier alpha value is -3.09. The average Bonchev–Trinajstić information content (AvgIpc) is 2.60. The van der Waals surface area contributed by atoms with Crippen LogP contribution in [0.15, 0.2) is 42.5 Å². The summed E-state index contributed by atoms with van der Waals surface area (Å²) >= 11 is 0. The second kappa shape index (κ2) is 8.68. The van der Waals surface area contributed by atoms with Crippen molar-refractivity contribution in [1.29, 1.82) is 0 Å². The molecule has 0 heterocycles. The number of nitro benzene ring substituents is 1. The highest BCUT2D eigenvalue weighted by Gasteiger charge is 2.08. The molecule has 2 rings (SSSR count). The van der Waals surface area contributed by atoms with Crippen molar-refractivity contribution in [2.24, 2.45) is 0 Å². The number of non-ortho nitro benzene ring substituents is 1. The first-order valence-electron chi connectivity index (χ1n) is 7.80. The molecule has 0 atom stereocenters. The van der Waals surface area contributed by atoms with E-state index in [1.54, 1.807) is 6.07 Å². The van der Waals surface area contributed by atoms with Crippen LogP contribution in [0.3, 0.4) is 0 Å². The molecular formula is C18H20N2O5. The Balaban J connectivity index is 1.71. The molecule has 0 saturated carbocycles. The van der Waals surface area contributed by atoms with E-state index in [2.05, 4.69) is 5.32 Å². The highest BCUT2D eigenvalue weighted by Crippen LogP contribution is 2.20. The SMILES string of the molecule is Cc1cccc(OCCNC(=O)COc2cccc([N+](=O)[O-])c2)c1C. The van der Waals surface area contributed by atoms with Crippen LogP contribution in [0.1, 0.15) is 11.1 Å². The zero-order valence-corrected chi connectivity index (χ0v) is 14.2. The first-order chi connectivity index (χ1) is 12.0. The number of amides is 1. The third-order valence-electron chi connectivity index (χ3n) is 3.64. The molecule has 0 unspecified atom stereocenters. The van der Waals surface area contributed by atoms with Gasteiger partial charge in [-0.1, -0.05) is 18.2 Å². The van der Waals surface area contributed by atoms with Crippen LogP contribution in [0.4, 0.5) is 5.69 Å². The first kappa shape index (κ1) is 18.3. The summed E-state index contributed by atoms with van der Waals surface area (Å²) in [5, 5.41) is 13.4. The number of hydrogen-bond donors (Lipinski definition) is 1. The van der Waals surface area contributed by atoms with Gasteiger partial charge in [0.05, 0.1) is 17.5 Å². The molecule has 0 aliphatic heterocycles. The molecule has 0 radical (unpaired) electrons. The Bertz CT molecular complexity index is 761. The third-order valence-corrected chi connectivity index (χ3v) is 3.64. The fraction of sp³-hybridized carbons (Fsp3) is 0.278. The van der Waals surface area contributed by atoms with Gasteiger partial charge in [0, 0.05) is 6.07 Å². The van der Waals surface area contributed by atoms with E-state index in [4.69, 9.17) is 9.47 Å². The molecule has 0 fully saturated rings. The van der Waals surface area contributed by atoms with Crippen molar-refractivity contribution in [2.75, 3.05) is 19.8 Å². The third kappa shape index (κ3) is 5.49. The fourth-order valence-corrected chi connectivity index (χ4v) is 2.12. The maximum atomic E-state index is 11.7. The zero-order chi connectivity index (χ0) is 18.2. The number of carbonyl (C=O) groups is 1. The lowest BCUT2D eigenvalue weighted by Gasteiger charge is -2.11. The molecule has 0 aliphatic rings. The van der Waals surface area contributed by atoms with Gasteiger partial charge in [0.2, 0.25) is 0 Å². The molecule has 2 aromatic carbocycles. The van der Waals surface area contributed by atoms with Crippen LogP contribution < -0.4 is 14.8 Å². The van der Waals surface area contributed by atoms with Crippen LogP contribution in [0.25, 0.3) is 0 Å². The van der Waals surface area contributed by atoms with Crippen molar-refractivity contribution in [3.63, 3.8) is 0 Å². The standard InChI is InChI=1S/C18H20N2O5/c1-13-5-3-8-17(14(13)2)24-10-9-19-18(21)12-25-16-7-4-6-15(11-16)20(22)23/h3-8,11H,9-10,12H2,1-2H3,(H,19,21). The second-order valence-electron chi connectivity index (χ2n) is 5.44. The van der Waals surface area contributed by atoms with Gasteiger partial charge in [-0.05, 0) is 37.1 Å². The largest absolute Gasteiger partial charge is 0.491 e. The Morgan fingerprint density at radius 3 is 2.68 bits per heavy atom. The molecule has 0 saturated heterocycles. The summed E-state index contributed by atoms with van der Waals surface area (Å²) in [5.41, 5.74) is 2.13. The van der Waals surface area contributed by atoms with Crippen LogP contribution in [-0.4, -0.2) is 30.6 Å². The predicted octanol–water partition coefficient (Wildman–Crippen LogP) is 2.79. The van der Waals surface area contributed by atoms with Crippen LogP contribution in [0.5, 0.6) is 11.5 Å². The van der Waals surface area contributed by atoms with Gasteiger partial charge < -0.3 is 14.8 Å². The molecule has 0 aliphatic carbocycles. The molecule has 0 spiro atoms. The minimum atomic E-state index is -0.516. The molecule has 1 N–H and O–H groups in total. The second-order valence-corrected chi connectivity index (χ2v) is 5.44. The number of benzene rings is 2. The smallest absolute Gasteiger partial charge is 0.273 e. The van der Waals surface area contributed by atoms with Crippen LogP contribution >= 0.6 is 0 Å². The van der Waals surface area contributed by atoms with Crippen molar-refractivity contribution in [2.45, 2.75) is 13.8 Å². The molecule has 7 nitrogen and oxygen atoms in total. The number of aryl methyl sites for hydroxylation is 1. The van der Waals surface area contributed by atoms with Crippen LogP contribution in [-0.2, 0) is 4.79 Å². The molecule has 132 valence electrons. The average molecular weight is 344 g/mol. The number of hydrogen-bond acceptors (Lipinski definition) is 5. The van der Waals surface area contributed by atoms with Crippen molar-refractivity contribution in [3.8, 4) is 11.5 Å². The summed E-state index contributed by atoms with van der Waals surface area (Å²) in [7, 11) is 0. The lowest BCUT2D eigenvalue weighted by molar-refractivity contribution is -0.384. The van der Waals surface area contributed by atoms with E-state index in [0.717, 1.165) is 16.9 Å². The van der Waals surface area contributed by atoms with Crippen molar-refractivity contribution >= 4 is 11.6 Å². The van der Waals surface area contributed by atoms with Crippen LogP contribution in [0.2, 0.25) is 0 Å². The quantitative estimate of drug-likeness (QED) is 0.452. The van der Waals surface area contributed by atoms with E-state index in [-0.39, 0.29) is 24.0 Å². The summed E-state index contributed by atoms with van der Waals surface area (Å²) in [4.78, 5) is 21.9. The lowest BCUT2D eigenvalue weighted by atomic mass is 10.1. The topological polar surface area (TPSA) is 90.7 Å². The predicted molar refractivity (Wildman–Crippen MR) is 93.0 cm³/mol. The van der Waals surface area contributed by atoms with Gasteiger partial charge in [-0.3, -0.25) is 14.9 Å². The lowest BCUT2D eigenvalue weighted by Crippen LogP contribution is -2.32. The highest BCUT2D eigenvalue weighted by molar-refractivity contribution is 5.77. The van der Waals surface area contributed by atoms with Gasteiger partial charge in [0.25, 0.3) is 11.6 Å². The number of nitrogens with zero attached hydrogens (tertiary/aromatic N) is 1. The van der Waals surface area contributed by atoms with E-state index in [1.165, 1.54) is 18.2 Å². The number of nitro groups is 1. The van der Waals surface area contributed by atoms with Crippen molar-refractivity contribution in [3.05, 3.63) is 63.7 Å². The van der Waals surface area contributed by atoms with E-state index in [0.29, 0.717) is 13.2 Å². The summed E-state index contributed by atoms with van der Waals surface area (Å²) in [6.07, 6.45) is 0. The molecule has 0 bridgehead atoms. The molecule has 7 heteroatoms. The molecule has 1 amide bonds. The number of ether oxygens (including phenoxy) is 2. The van der Waals surface area contributed by atoms with Crippen molar-refractivity contribution in [1.82, 2.24) is 5.32 Å². The van der Waals surface area contributed by atoms with E-state index in [9.17, 15) is 14.9 Å². The Morgan fingerprint density at radius 2 is 1.92 bits per heavy atom. The Kier molecular flexibility index (Phi) is 6.33. The Labute approximate surface area is 145 Å².